The van der Waals surface area contributed by atoms with Crippen molar-refractivity contribution in [3.8, 4) is 0 Å². The molecule has 0 aromatic heterocycles. The van der Waals surface area contributed by atoms with Gasteiger partial charge in [0.25, 0.3) is 5.91 Å². The summed E-state index contributed by atoms with van der Waals surface area (Å²) in [7, 11) is 1.65. The SMILES string of the molecule is COCCOCCCCNC(=O)c1ccc(Cl)cc1Br. The third-order valence-corrected chi connectivity index (χ3v) is 3.50. The lowest BCUT2D eigenvalue weighted by molar-refractivity contribution is 0.0686. The van der Waals surface area contributed by atoms with Crippen molar-refractivity contribution < 1.29 is 14.3 Å². The van der Waals surface area contributed by atoms with Gasteiger partial charge < -0.3 is 14.8 Å². The van der Waals surface area contributed by atoms with Crippen molar-refractivity contribution >= 4 is 33.4 Å². The van der Waals surface area contributed by atoms with E-state index in [9.17, 15) is 4.79 Å². The molecule has 0 aliphatic rings. The number of halogens is 2. The van der Waals surface area contributed by atoms with Crippen LogP contribution in [0.4, 0.5) is 0 Å². The number of carbonyl (C=O) groups is 1. The van der Waals surface area contributed by atoms with E-state index in [-0.39, 0.29) is 5.91 Å². The largest absolute Gasteiger partial charge is 0.382 e. The van der Waals surface area contributed by atoms with Crippen LogP contribution in [0, 0.1) is 0 Å². The molecule has 0 saturated heterocycles. The molecule has 0 aliphatic heterocycles. The Morgan fingerprint density at radius 2 is 2.10 bits per heavy atom. The predicted molar refractivity (Wildman–Crippen MR) is 83.4 cm³/mol. The van der Waals surface area contributed by atoms with E-state index < -0.39 is 0 Å². The molecule has 0 saturated carbocycles. The molecule has 0 unspecified atom stereocenters. The Kier molecular flexibility index (Phi) is 8.85. The summed E-state index contributed by atoms with van der Waals surface area (Å²) < 4.78 is 10.9. The Hall–Kier alpha value is -0.620. The Balaban J connectivity index is 2.17. The van der Waals surface area contributed by atoms with Gasteiger partial charge >= 0.3 is 0 Å². The summed E-state index contributed by atoms with van der Waals surface area (Å²) in [5.41, 5.74) is 0.589. The van der Waals surface area contributed by atoms with Crippen molar-refractivity contribution in [1.29, 1.82) is 0 Å². The molecule has 1 aromatic rings. The lowest BCUT2D eigenvalue weighted by Crippen LogP contribution is -2.25. The summed E-state index contributed by atoms with van der Waals surface area (Å²) in [6.07, 6.45) is 1.79. The summed E-state index contributed by atoms with van der Waals surface area (Å²) in [5.74, 6) is -0.103. The number of nitrogens with one attached hydrogen (secondary N) is 1. The van der Waals surface area contributed by atoms with Crippen LogP contribution in [0.1, 0.15) is 23.2 Å². The van der Waals surface area contributed by atoms with E-state index >= 15 is 0 Å². The highest BCUT2D eigenvalue weighted by atomic mass is 79.9. The minimum Gasteiger partial charge on any atom is -0.382 e. The van der Waals surface area contributed by atoms with Gasteiger partial charge in [-0.05, 0) is 47.0 Å². The average molecular weight is 365 g/mol. The number of amides is 1. The maximum atomic E-state index is 11.9. The summed E-state index contributed by atoms with van der Waals surface area (Å²) in [6, 6.07) is 5.11. The summed E-state index contributed by atoms with van der Waals surface area (Å²) in [6.45, 7) is 2.54. The van der Waals surface area contributed by atoms with Crippen molar-refractivity contribution in [2.75, 3.05) is 33.5 Å². The van der Waals surface area contributed by atoms with Gasteiger partial charge in [0.1, 0.15) is 0 Å². The standard InChI is InChI=1S/C14H19BrClNO3/c1-19-8-9-20-7-3-2-6-17-14(18)12-5-4-11(16)10-13(12)15/h4-5,10H,2-3,6-9H2,1H3,(H,17,18). The van der Waals surface area contributed by atoms with Gasteiger partial charge in [-0.2, -0.15) is 0 Å². The number of methoxy groups -OCH3 is 1. The first-order valence-corrected chi connectivity index (χ1v) is 7.62. The minimum atomic E-state index is -0.103. The highest BCUT2D eigenvalue weighted by Gasteiger charge is 2.09. The highest BCUT2D eigenvalue weighted by Crippen LogP contribution is 2.21. The van der Waals surface area contributed by atoms with E-state index in [4.69, 9.17) is 21.1 Å². The van der Waals surface area contributed by atoms with Crippen molar-refractivity contribution in [2.24, 2.45) is 0 Å². The molecule has 0 heterocycles. The van der Waals surface area contributed by atoms with Crippen molar-refractivity contribution in [3.05, 3.63) is 33.3 Å². The first kappa shape index (κ1) is 17.4. The number of rotatable bonds is 9. The molecule has 0 bridgehead atoms. The number of benzene rings is 1. The van der Waals surface area contributed by atoms with E-state index in [2.05, 4.69) is 21.2 Å². The van der Waals surface area contributed by atoms with Gasteiger partial charge in [0.15, 0.2) is 0 Å². The third-order valence-electron chi connectivity index (χ3n) is 2.61. The van der Waals surface area contributed by atoms with E-state index in [1.165, 1.54) is 0 Å². The van der Waals surface area contributed by atoms with Crippen LogP contribution in [0.2, 0.25) is 5.02 Å². The molecular weight excluding hydrogens is 346 g/mol. The molecule has 4 nitrogen and oxygen atoms in total. The molecule has 1 amide bonds. The zero-order valence-corrected chi connectivity index (χ0v) is 13.8. The van der Waals surface area contributed by atoms with Crippen LogP contribution in [0.15, 0.2) is 22.7 Å². The molecule has 112 valence electrons. The van der Waals surface area contributed by atoms with Crippen LogP contribution >= 0.6 is 27.5 Å². The Labute approximate surface area is 132 Å². The molecular formula is C14H19BrClNO3. The van der Waals surface area contributed by atoms with Crippen LogP contribution < -0.4 is 5.32 Å². The maximum absolute atomic E-state index is 11.9. The summed E-state index contributed by atoms with van der Waals surface area (Å²) in [5, 5.41) is 3.47. The van der Waals surface area contributed by atoms with Gasteiger partial charge in [0, 0.05) is 29.8 Å². The first-order valence-electron chi connectivity index (χ1n) is 6.45. The van der Waals surface area contributed by atoms with Crippen molar-refractivity contribution in [1.82, 2.24) is 5.32 Å². The Morgan fingerprint density at radius 1 is 1.30 bits per heavy atom. The first-order chi connectivity index (χ1) is 9.65. The molecule has 1 N–H and O–H groups in total. The molecule has 0 radical (unpaired) electrons. The second kappa shape index (κ2) is 10.2. The van der Waals surface area contributed by atoms with E-state index in [0.717, 1.165) is 12.8 Å². The lowest BCUT2D eigenvalue weighted by Gasteiger charge is -2.07. The Morgan fingerprint density at radius 3 is 2.80 bits per heavy atom. The molecule has 1 rings (SSSR count). The second-order valence-electron chi connectivity index (χ2n) is 4.19. The fourth-order valence-electron chi connectivity index (χ4n) is 1.54. The number of hydrogen-bond acceptors (Lipinski definition) is 3. The maximum Gasteiger partial charge on any atom is 0.252 e. The molecule has 6 heteroatoms. The monoisotopic (exact) mass is 363 g/mol. The number of unbranched alkanes of at least 4 members (excludes halogenated alkanes) is 1. The highest BCUT2D eigenvalue weighted by molar-refractivity contribution is 9.10. The van der Waals surface area contributed by atoms with Gasteiger partial charge in [0.05, 0.1) is 18.8 Å². The van der Waals surface area contributed by atoms with E-state index in [0.29, 0.717) is 41.4 Å². The number of hydrogen-bond donors (Lipinski definition) is 1. The fourth-order valence-corrected chi connectivity index (χ4v) is 2.41. The molecule has 0 fully saturated rings. The van der Waals surface area contributed by atoms with Crippen molar-refractivity contribution in [2.45, 2.75) is 12.8 Å². The molecule has 0 atom stereocenters. The number of carbonyl (C=O) groups excluding carboxylic acids is 1. The predicted octanol–water partition coefficient (Wildman–Crippen LogP) is 3.28. The van der Waals surface area contributed by atoms with Crippen molar-refractivity contribution in [3.63, 3.8) is 0 Å². The van der Waals surface area contributed by atoms with Gasteiger partial charge in [-0.15, -0.1) is 0 Å². The normalized spacial score (nSPS) is 10.6. The van der Waals surface area contributed by atoms with Crippen LogP contribution in [-0.2, 0) is 9.47 Å². The summed E-state index contributed by atoms with van der Waals surface area (Å²) in [4.78, 5) is 11.9. The van der Waals surface area contributed by atoms with Crippen LogP contribution in [0.25, 0.3) is 0 Å². The minimum absolute atomic E-state index is 0.103. The molecule has 1 aromatic carbocycles. The smallest absolute Gasteiger partial charge is 0.252 e. The molecule has 0 aliphatic carbocycles. The Bertz CT molecular complexity index is 429. The van der Waals surface area contributed by atoms with Crippen LogP contribution in [0.5, 0.6) is 0 Å². The van der Waals surface area contributed by atoms with Crippen LogP contribution in [0.3, 0.4) is 0 Å². The van der Waals surface area contributed by atoms with Gasteiger partial charge in [-0.1, -0.05) is 11.6 Å². The molecule has 0 spiro atoms. The number of ether oxygens (including phenoxy) is 2. The van der Waals surface area contributed by atoms with E-state index in [1.54, 1.807) is 25.3 Å². The van der Waals surface area contributed by atoms with Crippen LogP contribution in [-0.4, -0.2) is 39.4 Å². The van der Waals surface area contributed by atoms with E-state index in [1.807, 2.05) is 0 Å². The lowest BCUT2D eigenvalue weighted by atomic mass is 10.2. The average Bonchev–Trinajstić information content (AvgIpc) is 2.41. The second-order valence-corrected chi connectivity index (χ2v) is 5.48. The van der Waals surface area contributed by atoms with Gasteiger partial charge in [-0.3, -0.25) is 4.79 Å². The zero-order valence-electron chi connectivity index (χ0n) is 11.5. The van der Waals surface area contributed by atoms with Gasteiger partial charge in [-0.25, -0.2) is 0 Å². The molecule has 20 heavy (non-hydrogen) atoms. The fraction of sp³-hybridized carbons (Fsp3) is 0.500. The van der Waals surface area contributed by atoms with Gasteiger partial charge in [0.2, 0.25) is 0 Å². The quantitative estimate of drug-likeness (QED) is 0.684. The zero-order chi connectivity index (χ0) is 14.8. The third kappa shape index (κ3) is 6.70. The summed E-state index contributed by atoms with van der Waals surface area (Å²) >= 11 is 9.16. The topological polar surface area (TPSA) is 47.6 Å².